The zero-order valence-corrected chi connectivity index (χ0v) is 12.8. The highest BCUT2D eigenvalue weighted by molar-refractivity contribution is 9.10. The van der Waals surface area contributed by atoms with Crippen molar-refractivity contribution in [3.05, 3.63) is 64.1 Å². The first-order valence-corrected chi connectivity index (χ1v) is 7.14. The number of carbonyl (C=O) groups excluding carboxylic acids is 1. The van der Waals surface area contributed by atoms with E-state index < -0.39 is 0 Å². The predicted octanol–water partition coefficient (Wildman–Crippen LogP) is 3.45. The molecule has 0 saturated carbocycles. The highest BCUT2D eigenvalue weighted by Gasteiger charge is 2.05. The Morgan fingerprint density at radius 1 is 1.20 bits per heavy atom. The van der Waals surface area contributed by atoms with Gasteiger partial charge in [0, 0.05) is 11.0 Å². The van der Waals surface area contributed by atoms with Crippen molar-refractivity contribution in [1.82, 2.24) is 5.32 Å². The minimum Gasteiger partial charge on any atom is -0.484 e. The highest BCUT2D eigenvalue weighted by atomic mass is 79.9. The Bertz CT molecular complexity index is 584. The summed E-state index contributed by atoms with van der Waals surface area (Å²) in [5, 5.41) is 2.83. The minimum atomic E-state index is -0.129. The average molecular weight is 334 g/mol. The molecular weight excluding hydrogens is 318 g/mol. The maximum Gasteiger partial charge on any atom is 0.258 e. The first-order chi connectivity index (χ1) is 9.65. The van der Waals surface area contributed by atoms with Gasteiger partial charge in [-0.1, -0.05) is 46.3 Å². The molecule has 0 atom stereocenters. The number of halogens is 1. The van der Waals surface area contributed by atoms with Gasteiger partial charge < -0.3 is 10.1 Å². The van der Waals surface area contributed by atoms with E-state index in [1.807, 2.05) is 55.5 Å². The van der Waals surface area contributed by atoms with Gasteiger partial charge in [0.05, 0.1) is 0 Å². The Morgan fingerprint density at radius 3 is 2.65 bits per heavy atom. The first kappa shape index (κ1) is 14.6. The minimum absolute atomic E-state index is 0.0231. The van der Waals surface area contributed by atoms with Crippen LogP contribution in [0.2, 0.25) is 0 Å². The molecule has 0 unspecified atom stereocenters. The molecule has 0 saturated heterocycles. The van der Waals surface area contributed by atoms with E-state index in [0.29, 0.717) is 6.54 Å². The third kappa shape index (κ3) is 4.38. The lowest BCUT2D eigenvalue weighted by molar-refractivity contribution is -0.123. The first-order valence-electron chi connectivity index (χ1n) is 6.35. The number of nitrogens with one attached hydrogen (secondary N) is 1. The van der Waals surface area contributed by atoms with Crippen LogP contribution in [-0.2, 0) is 11.3 Å². The molecule has 4 heteroatoms. The Labute approximate surface area is 127 Å². The molecular formula is C16H16BrNO2. The van der Waals surface area contributed by atoms with E-state index in [0.717, 1.165) is 21.3 Å². The van der Waals surface area contributed by atoms with Gasteiger partial charge in [-0.15, -0.1) is 0 Å². The number of amides is 1. The van der Waals surface area contributed by atoms with Crippen LogP contribution in [0.3, 0.4) is 0 Å². The zero-order chi connectivity index (χ0) is 14.4. The number of carbonyl (C=O) groups is 1. The summed E-state index contributed by atoms with van der Waals surface area (Å²) in [6, 6.07) is 15.5. The molecule has 0 radical (unpaired) electrons. The van der Waals surface area contributed by atoms with Crippen molar-refractivity contribution < 1.29 is 9.53 Å². The van der Waals surface area contributed by atoms with E-state index in [1.165, 1.54) is 0 Å². The molecule has 0 spiro atoms. The van der Waals surface area contributed by atoms with Crippen LogP contribution in [0.25, 0.3) is 0 Å². The van der Waals surface area contributed by atoms with E-state index in [-0.39, 0.29) is 12.5 Å². The van der Waals surface area contributed by atoms with Crippen LogP contribution in [0.4, 0.5) is 0 Å². The second-order valence-electron chi connectivity index (χ2n) is 4.46. The highest BCUT2D eigenvalue weighted by Crippen LogP contribution is 2.21. The summed E-state index contributed by atoms with van der Waals surface area (Å²) in [5.41, 5.74) is 2.07. The molecule has 2 aromatic carbocycles. The molecule has 1 N–H and O–H groups in total. The molecule has 3 nitrogen and oxygen atoms in total. The van der Waals surface area contributed by atoms with Gasteiger partial charge in [-0.2, -0.15) is 0 Å². The maximum atomic E-state index is 11.7. The van der Waals surface area contributed by atoms with Gasteiger partial charge in [0.15, 0.2) is 6.61 Å². The van der Waals surface area contributed by atoms with E-state index in [9.17, 15) is 4.79 Å². The lowest BCUT2D eigenvalue weighted by Crippen LogP contribution is -2.28. The lowest BCUT2D eigenvalue weighted by Gasteiger charge is -2.10. The second-order valence-corrected chi connectivity index (χ2v) is 5.38. The van der Waals surface area contributed by atoms with E-state index >= 15 is 0 Å². The molecule has 0 aliphatic carbocycles. The number of hydrogen-bond acceptors (Lipinski definition) is 2. The Kier molecular flexibility index (Phi) is 5.18. The van der Waals surface area contributed by atoms with Crippen LogP contribution in [0.15, 0.2) is 53.0 Å². The summed E-state index contributed by atoms with van der Waals surface area (Å²) >= 11 is 3.39. The fraction of sp³-hybridized carbons (Fsp3) is 0.188. The largest absolute Gasteiger partial charge is 0.484 e. The molecule has 1 amide bonds. The van der Waals surface area contributed by atoms with Crippen LogP contribution in [0.1, 0.15) is 11.1 Å². The summed E-state index contributed by atoms with van der Waals surface area (Å²) in [6.07, 6.45) is 0. The van der Waals surface area contributed by atoms with Crippen molar-refractivity contribution in [2.45, 2.75) is 13.5 Å². The molecule has 0 fully saturated rings. The van der Waals surface area contributed by atoms with Gasteiger partial charge in [-0.05, 0) is 36.2 Å². The number of rotatable bonds is 5. The van der Waals surface area contributed by atoms with Gasteiger partial charge in [0.2, 0.25) is 0 Å². The van der Waals surface area contributed by atoms with Gasteiger partial charge in [-0.3, -0.25) is 4.79 Å². The van der Waals surface area contributed by atoms with Crippen LogP contribution >= 0.6 is 15.9 Å². The van der Waals surface area contributed by atoms with Crippen molar-refractivity contribution in [2.75, 3.05) is 6.61 Å². The Hall–Kier alpha value is -1.81. The maximum absolute atomic E-state index is 11.7. The van der Waals surface area contributed by atoms with E-state index in [1.54, 1.807) is 0 Å². The Morgan fingerprint density at radius 2 is 1.95 bits per heavy atom. The van der Waals surface area contributed by atoms with Crippen molar-refractivity contribution in [2.24, 2.45) is 0 Å². The van der Waals surface area contributed by atoms with Crippen LogP contribution in [0.5, 0.6) is 5.75 Å². The smallest absolute Gasteiger partial charge is 0.258 e. The van der Waals surface area contributed by atoms with Gasteiger partial charge in [0.1, 0.15) is 5.75 Å². The van der Waals surface area contributed by atoms with Crippen LogP contribution < -0.4 is 10.1 Å². The normalized spacial score (nSPS) is 10.1. The van der Waals surface area contributed by atoms with Crippen molar-refractivity contribution in [3.63, 3.8) is 0 Å². The van der Waals surface area contributed by atoms with Crippen LogP contribution in [-0.4, -0.2) is 12.5 Å². The Balaban J connectivity index is 1.80. The topological polar surface area (TPSA) is 38.3 Å². The molecule has 2 rings (SSSR count). The number of ether oxygens (including phenoxy) is 1. The van der Waals surface area contributed by atoms with Gasteiger partial charge in [-0.25, -0.2) is 0 Å². The van der Waals surface area contributed by atoms with E-state index in [2.05, 4.69) is 21.2 Å². The summed E-state index contributed by atoms with van der Waals surface area (Å²) < 4.78 is 6.51. The van der Waals surface area contributed by atoms with Crippen molar-refractivity contribution in [1.29, 1.82) is 0 Å². The quantitative estimate of drug-likeness (QED) is 0.910. The number of aryl methyl sites for hydroxylation is 1. The van der Waals surface area contributed by atoms with E-state index in [4.69, 9.17) is 4.74 Å². The standard InChI is InChI=1S/C16H16BrNO2/c1-12-9-14(17)7-8-15(12)20-11-16(19)18-10-13-5-3-2-4-6-13/h2-9H,10-11H2,1H3,(H,18,19). The lowest BCUT2D eigenvalue weighted by atomic mass is 10.2. The summed E-state index contributed by atoms with van der Waals surface area (Å²) in [7, 11) is 0. The predicted molar refractivity (Wildman–Crippen MR) is 82.7 cm³/mol. The van der Waals surface area contributed by atoms with Gasteiger partial charge >= 0.3 is 0 Å². The van der Waals surface area contributed by atoms with Crippen LogP contribution in [0, 0.1) is 6.92 Å². The molecule has 0 aliphatic rings. The number of hydrogen-bond donors (Lipinski definition) is 1. The molecule has 0 aromatic heterocycles. The number of benzene rings is 2. The average Bonchev–Trinajstić information content (AvgIpc) is 2.45. The van der Waals surface area contributed by atoms with Gasteiger partial charge in [0.25, 0.3) is 5.91 Å². The summed E-state index contributed by atoms with van der Waals surface area (Å²) in [6.45, 7) is 2.49. The summed E-state index contributed by atoms with van der Waals surface area (Å²) in [5.74, 6) is 0.597. The molecule has 20 heavy (non-hydrogen) atoms. The molecule has 0 heterocycles. The fourth-order valence-corrected chi connectivity index (χ4v) is 2.24. The van der Waals surface area contributed by atoms with Crippen molar-refractivity contribution >= 4 is 21.8 Å². The third-order valence-corrected chi connectivity index (χ3v) is 3.32. The fourth-order valence-electron chi connectivity index (χ4n) is 1.77. The molecule has 0 aliphatic heterocycles. The molecule has 104 valence electrons. The molecule has 2 aromatic rings. The summed E-state index contributed by atoms with van der Waals surface area (Å²) in [4.78, 5) is 11.7. The van der Waals surface area contributed by atoms with Crippen molar-refractivity contribution in [3.8, 4) is 5.75 Å². The zero-order valence-electron chi connectivity index (χ0n) is 11.2. The monoisotopic (exact) mass is 333 g/mol. The SMILES string of the molecule is Cc1cc(Br)ccc1OCC(=O)NCc1ccccc1. The molecule has 0 bridgehead atoms. The second kappa shape index (κ2) is 7.10. The third-order valence-electron chi connectivity index (χ3n) is 2.83.